The van der Waals surface area contributed by atoms with Crippen molar-refractivity contribution in [2.75, 3.05) is 18.5 Å². The summed E-state index contributed by atoms with van der Waals surface area (Å²) in [5.74, 6) is 1.16. The number of nitrogens with zero attached hydrogens (tertiary/aromatic N) is 2. The fraction of sp³-hybridized carbons (Fsp3) is 0.600. The van der Waals surface area contributed by atoms with Crippen LogP contribution in [0.4, 0.5) is 5.95 Å². The fourth-order valence-corrected chi connectivity index (χ4v) is 1.09. The van der Waals surface area contributed by atoms with Gasteiger partial charge in [0.2, 0.25) is 11.8 Å². The Morgan fingerprint density at radius 3 is 2.87 bits per heavy atom. The number of ether oxygens (including phenoxy) is 1. The largest absolute Gasteiger partial charge is 0.478 e. The maximum atomic E-state index is 5.63. The number of rotatable bonds is 5. The van der Waals surface area contributed by atoms with Crippen LogP contribution in [0.1, 0.15) is 19.5 Å². The standard InChI is InChI=1S/C10H18N4O/c1-4-15-9-5-8(3)13-10(14-9)12-6-7(2)11/h5,7H,4,6,11H2,1-3H3,(H,12,13,14). The number of hydrogen-bond donors (Lipinski definition) is 2. The molecule has 0 radical (unpaired) electrons. The van der Waals surface area contributed by atoms with Gasteiger partial charge in [0, 0.05) is 24.3 Å². The predicted molar refractivity (Wildman–Crippen MR) is 60.1 cm³/mol. The molecule has 0 bridgehead atoms. The number of nitrogens with two attached hydrogens (primary N) is 1. The van der Waals surface area contributed by atoms with Crippen LogP contribution < -0.4 is 15.8 Å². The molecule has 5 heteroatoms. The minimum atomic E-state index is 0.0738. The Kier molecular flexibility index (Phi) is 4.30. The smallest absolute Gasteiger partial charge is 0.226 e. The van der Waals surface area contributed by atoms with E-state index >= 15 is 0 Å². The lowest BCUT2D eigenvalue weighted by atomic mass is 10.4. The highest BCUT2D eigenvalue weighted by atomic mass is 16.5. The molecule has 1 aromatic heterocycles. The maximum Gasteiger partial charge on any atom is 0.226 e. The minimum Gasteiger partial charge on any atom is -0.478 e. The molecule has 0 spiro atoms. The van der Waals surface area contributed by atoms with Crippen molar-refractivity contribution < 1.29 is 4.74 Å². The second-order valence-electron chi connectivity index (χ2n) is 3.46. The Hall–Kier alpha value is -1.36. The first kappa shape index (κ1) is 11.7. The van der Waals surface area contributed by atoms with Crippen LogP contribution >= 0.6 is 0 Å². The minimum absolute atomic E-state index is 0.0738. The molecule has 1 unspecified atom stereocenters. The van der Waals surface area contributed by atoms with E-state index in [0.717, 1.165) is 5.69 Å². The van der Waals surface area contributed by atoms with Gasteiger partial charge in [-0.05, 0) is 20.8 Å². The first-order valence-electron chi connectivity index (χ1n) is 5.09. The van der Waals surface area contributed by atoms with Crippen molar-refractivity contribution in [2.45, 2.75) is 26.8 Å². The first-order valence-corrected chi connectivity index (χ1v) is 5.09. The number of aryl methyl sites for hydroxylation is 1. The number of aromatic nitrogens is 2. The van der Waals surface area contributed by atoms with Gasteiger partial charge in [0.1, 0.15) is 0 Å². The second-order valence-corrected chi connectivity index (χ2v) is 3.46. The molecule has 0 aliphatic heterocycles. The molecule has 0 fully saturated rings. The van der Waals surface area contributed by atoms with E-state index in [4.69, 9.17) is 10.5 Å². The highest BCUT2D eigenvalue weighted by molar-refractivity contribution is 5.30. The van der Waals surface area contributed by atoms with Crippen molar-refractivity contribution in [1.82, 2.24) is 9.97 Å². The third kappa shape index (κ3) is 4.12. The Morgan fingerprint density at radius 1 is 1.53 bits per heavy atom. The summed E-state index contributed by atoms with van der Waals surface area (Å²) in [4.78, 5) is 8.43. The van der Waals surface area contributed by atoms with Crippen LogP contribution in [0.5, 0.6) is 5.88 Å². The molecule has 1 aromatic rings. The quantitative estimate of drug-likeness (QED) is 0.756. The van der Waals surface area contributed by atoms with Gasteiger partial charge in [0.15, 0.2) is 0 Å². The average molecular weight is 210 g/mol. The zero-order valence-corrected chi connectivity index (χ0v) is 9.45. The summed E-state index contributed by atoms with van der Waals surface area (Å²) in [5, 5.41) is 3.06. The Morgan fingerprint density at radius 2 is 2.27 bits per heavy atom. The van der Waals surface area contributed by atoms with Gasteiger partial charge in [0.25, 0.3) is 0 Å². The van der Waals surface area contributed by atoms with Crippen LogP contribution in [0.15, 0.2) is 6.07 Å². The summed E-state index contributed by atoms with van der Waals surface area (Å²) in [6.45, 7) is 7.00. The number of nitrogens with one attached hydrogen (secondary N) is 1. The highest BCUT2D eigenvalue weighted by Crippen LogP contribution is 2.11. The number of anilines is 1. The third-order valence-electron chi connectivity index (χ3n) is 1.71. The molecular formula is C10H18N4O. The third-order valence-corrected chi connectivity index (χ3v) is 1.71. The van der Waals surface area contributed by atoms with Gasteiger partial charge in [-0.1, -0.05) is 0 Å². The van der Waals surface area contributed by atoms with Crippen molar-refractivity contribution in [1.29, 1.82) is 0 Å². The van der Waals surface area contributed by atoms with Crippen LogP contribution in [0.25, 0.3) is 0 Å². The van der Waals surface area contributed by atoms with Gasteiger partial charge in [-0.25, -0.2) is 4.98 Å². The van der Waals surface area contributed by atoms with Crippen LogP contribution in [0.2, 0.25) is 0 Å². The van der Waals surface area contributed by atoms with Crippen molar-refractivity contribution in [2.24, 2.45) is 5.73 Å². The Labute approximate surface area is 90.1 Å². The van der Waals surface area contributed by atoms with Gasteiger partial charge >= 0.3 is 0 Å². The van der Waals surface area contributed by atoms with Crippen molar-refractivity contribution in [3.05, 3.63) is 11.8 Å². The van der Waals surface area contributed by atoms with Crippen LogP contribution in [-0.4, -0.2) is 29.2 Å². The molecule has 1 atom stereocenters. The van der Waals surface area contributed by atoms with Gasteiger partial charge < -0.3 is 15.8 Å². The molecule has 5 nitrogen and oxygen atoms in total. The van der Waals surface area contributed by atoms with E-state index in [1.54, 1.807) is 6.07 Å². The summed E-state index contributed by atoms with van der Waals surface area (Å²) < 4.78 is 5.31. The summed E-state index contributed by atoms with van der Waals surface area (Å²) in [6, 6.07) is 1.88. The molecule has 84 valence electrons. The van der Waals surface area contributed by atoms with Crippen LogP contribution in [0.3, 0.4) is 0 Å². The van der Waals surface area contributed by atoms with E-state index in [0.29, 0.717) is 25.0 Å². The Balaban J connectivity index is 2.70. The molecule has 0 aliphatic carbocycles. The monoisotopic (exact) mass is 210 g/mol. The van der Waals surface area contributed by atoms with Gasteiger partial charge in [-0.3, -0.25) is 0 Å². The summed E-state index contributed by atoms with van der Waals surface area (Å²) >= 11 is 0. The number of hydrogen-bond acceptors (Lipinski definition) is 5. The maximum absolute atomic E-state index is 5.63. The molecule has 1 heterocycles. The lowest BCUT2D eigenvalue weighted by molar-refractivity contribution is 0.326. The average Bonchev–Trinajstić information content (AvgIpc) is 2.14. The fourth-order valence-electron chi connectivity index (χ4n) is 1.09. The molecule has 0 saturated heterocycles. The molecule has 15 heavy (non-hydrogen) atoms. The van der Waals surface area contributed by atoms with Crippen molar-refractivity contribution in [3.8, 4) is 5.88 Å². The van der Waals surface area contributed by atoms with Crippen molar-refractivity contribution in [3.63, 3.8) is 0 Å². The van der Waals surface area contributed by atoms with E-state index in [1.807, 2.05) is 20.8 Å². The van der Waals surface area contributed by atoms with Crippen LogP contribution in [-0.2, 0) is 0 Å². The lowest BCUT2D eigenvalue weighted by Crippen LogP contribution is -2.26. The second kappa shape index (κ2) is 5.50. The van der Waals surface area contributed by atoms with Gasteiger partial charge in [-0.15, -0.1) is 0 Å². The van der Waals surface area contributed by atoms with Crippen molar-refractivity contribution >= 4 is 5.95 Å². The normalized spacial score (nSPS) is 12.3. The molecule has 0 aromatic carbocycles. The zero-order valence-electron chi connectivity index (χ0n) is 9.45. The molecule has 1 rings (SSSR count). The Bertz CT molecular complexity index is 314. The topological polar surface area (TPSA) is 73.1 Å². The summed E-state index contributed by atoms with van der Waals surface area (Å²) in [5.41, 5.74) is 6.50. The summed E-state index contributed by atoms with van der Waals surface area (Å²) in [6.07, 6.45) is 0. The van der Waals surface area contributed by atoms with E-state index in [9.17, 15) is 0 Å². The van der Waals surface area contributed by atoms with E-state index in [2.05, 4.69) is 15.3 Å². The SMILES string of the molecule is CCOc1cc(C)nc(NCC(C)N)n1. The van der Waals surface area contributed by atoms with Gasteiger partial charge in [0.05, 0.1) is 6.61 Å². The highest BCUT2D eigenvalue weighted by Gasteiger charge is 2.02. The molecule has 0 amide bonds. The molecule has 0 saturated carbocycles. The van der Waals surface area contributed by atoms with E-state index in [-0.39, 0.29) is 6.04 Å². The first-order chi connectivity index (χ1) is 7.11. The molecule has 3 N–H and O–H groups in total. The van der Waals surface area contributed by atoms with Gasteiger partial charge in [-0.2, -0.15) is 4.98 Å². The van der Waals surface area contributed by atoms with E-state index < -0.39 is 0 Å². The van der Waals surface area contributed by atoms with Crippen LogP contribution in [0, 0.1) is 6.92 Å². The predicted octanol–water partition coefficient (Wildman–Crippen LogP) is 0.943. The molecular weight excluding hydrogens is 192 g/mol. The summed E-state index contributed by atoms with van der Waals surface area (Å²) in [7, 11) is 0. The lowest BCUT2D eigenvalue weighted by Gasteiger charge is -2.09. The molecule has 0 aliphatic rings. The van der Waals surface area contributed by atoms with E-state index in [1.165, 1.54) is 0 Å². The zero-order chi connectivity index (χ0) is 11.3.